The van der Waals surface area contributed by atoms with Gasteiger partial charge in [0.15, 0.2) is 6.29 Å². The van der Waals surface area contributed by atoms with Gasteiger partial charge in [-0.3, -0.25) is 0 Å². The second-order valence-corrected chi connectivity index (χ2v) is 4.84. The van der Waals surface area contributed by atoms with Crippen molar-refractivity contribution in [2.75, 3.05) is 6.61 Å². The molecule has 0 N–H and O–H groups in total. The highest BCUT2D eigenvalue weighted by atomic mass is 16.7. The molecule has 18 heavy (non-hydrogen) atoms. The Hall–Kier alpha value is -0.870. The van der Waals surface area contributed by atoms with E-state index in [0.29, 0.717) is 12.2 Å². The van der Waals surface area contributed by atoms with Gasteiger partial charge in [0, 0.05) is 12.0 Å². The van der Waals surface area contributed by atoms with Gasteiger partial charge in [0.25, 0.3) is 0 Å². The first-order valence-electron chi connectivity index (χ1n) is 6.66. The van der Waals surface area contributed by atoms with Crippen LogP contribution in [0.4, 0.5) is 0 Å². The minimum absolute atomic E-state index is 0.165. The van der Waals surface area contributed by atoms with Crippen molar-refractivity contribution in [3.8, 4) is 0 Å². The van der Waals surface area contributed by atoms with Gasteiger partial charge in [-0.1, -0.05) is 13.5 Å². The van der Waals surface area contributed by atoms with Crippen molar-refractivity contribution < 1.29 is 19.0 Å². The maximum absolute atomic E-state index is 11.2. The first kappa shape index (κ1) is 15.2. The Morgan fingerprint density at radius 3 is 2.78 bits per heavy atom. The lowest BCUT2D eigenvalue weighted by molar-refractivity contribution is -0.241. The molecule has 3 unspecified atom stereocenters. The number of esters is 1. The zero-order valence-corrected chi connectivity index (χ0v) is 11.6. The molecule has 0 amide bonds. The first-order chi connectivity index (χ1) is 8.52. The first-order valence-corrected chi connectivity index (χ1v) is 6.66. The van der Waals surface area contributed by atoms with Crippen molar-refractivity contribution in [2.45, 2.75) is 65.0 Å². The van der Waals surface area contributed by atoms with Gasteiger partial charge in [-0.15, -0.1) is 0 Å². The minimum Gasteiger partial charge on any atom is -0.462 e. The molecule has 0 aromatic heterocycles. The summed E-state index contributed by atoms with van der Waals surface area (Å²) in [6.07, 6.45) is 3.83. The Morgan fingerprint density at radius 2 is 2.17 bits per heavy atom. The van der Waals surface area contributed by atoms with Gasteiger partial charge >= 0.3 is 5.97 Å². The highest BCUT2D eigenvalue weighted by Crippen LogP contribution is 2.22. The number of rotatable bonds is 6. The summed E-state index contributed by atoms with van der Waals surface area (Å²) in [6.45, 7) is 9.75. The normalized spacial score (nSPS) is 27.8. The van der Waals surface area contributed by atoms with Crippen LogP contribution in [0.1, 0.15) is 46.5 Å². The van der Waals surface area contributed by atoms with E-state index in [4.69, 9.17) is 14.2 Å². The van der Waals surface area contributed by atoms with Crippen LogP contribution >= 0.6 is 0 Å². The molecule has 1 rings (SSSR count). The molecule has 0 aromatic rings. The van der Waals surface area contributed by atoms with Crippen molar-refractivity contribution in [3.63, 3.8) is 0 Å². The second-order valence-electron chi connectivity index (χ2n) is 4.84. The molecule has 0 aromatic carbocycles. The van der Waals surface area contributed by atoms with Crippen LogP contribution in [-0.4, -0.2) is 31.1 Å². The van der Waals surface area contributed by atoms with Gasteiger partial charge in [0.2, 0.25) is 0 Å². The van der Waals surface area contributed by atoms with E-state index in [0.717, 1.165) is 25.7 Å². The third-order valence-corrected chi connectivity index (χ3v) is 2.94. The van der Waals surface area contributed by atoms with Crippen LogP contribution in [-0.2, 0) is 19.0 Å². The maximum Gasteiger partial charge on any atom is 0.333 e. The lowest BCUT2D eigenvalue weighted by Crippen LogP contribution is -2.36. The van der Waals surface area contributed by atoms with Crippen LogP contribution in [0.5, 0.6) is 0 Å². The third-order valence-electron chi connectivity index (χ3n) is 2.94. The Balaban J connectivity index is 2.18. The topological polar surface area (TPSA) is 44.8 Å². The van der Waals surface area contributed by atoms with Crippen LogP contribution in [0.3, 0.4) is 0 Å². The van der Waals surface area contributed by atoms with E-state index in [2.05, 4.69) is 20.4 Å². The Kier molecular flexibility index (Phi) is 6.36. The van der Waals surface area contributed by atoms with Crippen molar-refractivity contribution in [2.24, 2.45) is 0 Å². The number of carbonyl (C=O) groups is 1. The summed E-state index contributed by atoms with van der Waals surface area (Å²) >= 11 is 0. The zero-order valence-electron chi connectivity index (χ0n) is 11.6. The number of hydrogen-bond acceptors (Lipinski definition) is 4. The standard InChI is InChI=1S/C14H24O4/c1-5-12-9-11(4)17-13(18-12)7-6-8-16-14(15)10(2)3/h11-13H,2,5-9H2,1,3-4H3. The van der Waals surface area contributed by atoms with Gasteiger partial charge in [-0.25, -0.2) is 4.79 Å². The van der Waals surface area contributed by atoms with Crippen LogP contribution in [0, 0.1) is 0 Å². The molecule has 1 fully saturated rings. The van der Waals surface area contributed by atoms with E-state index in [9.17, 15) is 4.79 Å². The molecule has 1 aliphatic heterocycles. The Labute approximate surface area is 109 Å². The van der Waals surface area contributed by atoms with E-state index < -0.39 is 0 Å². The van der Waals surface area contributed by atoms with Crippen LogP contribution in [0.15, 0.2) is 12.2 Å². The molecule has 4 heteroatoms. The summed E-state index contributed by atoms with van der Waals surface area (Å²) in [5.74, 6) is -0.333. The lowest BCUT2D eigenvalue weighted by Gasteiger charge is -2.33. The van der Waals surface area contributed by atoms with Gasteiger partial charge in [0.1, 0.15) is 0 Å². The van der Waals surface area contributed by atoms with E-state index >= 15 is 0 Å². The molecule has 0 radical (unpaired) electrons. The predicted octanol–water partition coefficient (Wildman–Crippen LogP) is 2.82. The maximum atomic E-state index is 11.2. The van der Waals surface area contributed by atoms with E-state index in [1.165, 1.54) is 0 Å². The summed E-state index contributed by atoms with van der Waals surface area (Å²) in [4.78, 5) is 11.2. The van der Waals surface area contributed by atoms with Crippen LogP contribution in [0.2, 0.25) is 0 Å². The largest absolute Gasteiger partial charge is 0.462 e. The average Bonchev–Trinajstić information content (AvgIpc) is 2.33. The summed E-state index contributed by atoms with van der Waals surface area (Å²) in [5.41, 5.74) is 0.430. The fourth-order valence-electron chi connectivity index (χ4n) is 1.92. The molecule has 1 heterocycles. The second kappa shape index (κ2) is 7.54. The van der Waals surface area contributed by atoms with Gasteiger partial charge in [-0.2, -0.15) is 0 Å². The SMILES string of the molecule is C=C(C)C(=O)OCCCC1OC(C)CC(CC)O1. The summed E-state index contributed by atoms with van der Waals surface area (Å²) in [7, 11) is 0. The highest BCUT2D eigenvalue weighted by Gasteiger charge is 2.26. The molecule has 3 atom stereocenters. The Morgan fingerprint density at radius 1 is 1.44 bits per heavy atom. The predicted molar refractivity (Wildman–Crippen MR) is 69.1 cm³/mol. The molecular weight excluding hydrogens is 232 g/mol. The lowest BCUT2D eigenvalue weighted by atomic mass is 10.1. The van der Waals surface area contributed by atoms with E-state index in [1.807, 2.05) is 0 Å². The smallest absolute Gasteiger partial charge is 0.333 e. The molecule has 1 aliphatic rings. The van der Waals surface area contributed by atoms with Crippen molar-refractivity contribution in [3.05, 3.63) is 12.2 Å². The highest BCUT2D eigenvalue weighted by molar-refractivity contribution is 5.86. The third kappa shape index (κ3) is 5.19. The fourth-order valence-corrected chi connectivity index (χ4v) is 1.92. The molecule has 104 valence electrons. The number of hydrogen-bond donors (Lipinski definition) is 0. The molecular formula is C14H24O4. The van der Waals surface area contributed by atoms with Crippen molar-refractivity contribution in [1.82, 2.24) is 0 Å². The number of ether oxygens (including phenoxy) is 3. The summed E-state index contributed by atoms with van der Waals surface area (Å²) in [6, 6.07) is 0. The van der Waals surface area contributed by atoms with E-state index in [-0.39, 0.29) is 24.5 Å². The van der Waals surface area contributed by atoms with Crippen LogP contribution < -0.4 is 0 Å². The van der Waals surface area contributed by atoms with Gasteiger partial charge in [0.05, 0.1) is 18.8 Å². The summed E-state index contributed by atoms with van der Waals surface area (Å²) in [5, 5.41) is 0. The zero-order chi connectivity index (χ0) is 13.5. The summed E-state index contributed by atoms with van der Waals surface area (Å²) < 4.78 is 16.5. The average molecular weight is 256 g/mol. The fraction of sp³-hybridized carbons (Fsp3) is 0.786. The molecule has 0 aliphatic carbocycles. The molecule has 1 saturated heterocycles. The minimum atomic E-state index is -0.333. The molecule has 4 nitrogen and oxygen atoms in total. The molecule has 0 spiro atoms. The quantitative estimate of drug-likeness (QED) is 0.416. The number of carbonyl (C=O) groups excluding carboxylic acids is 1. The Bertz CT molecular complexity index is 288. The molecule has 0 saturated carbocycles. The van der Waals surface area contributed by atoms with Crippen molar-refractivity contribution >= 4 is 5.97 Å². The van der Waals surface area contributed by atoms with E-state index in [1.54, 1.807) is 6.92 Å². The van der Waals surface area contributed by atoms with Gasteiger partial charge in [-0.05, 0) is 33.1 Å². The van der Waals surface area contributed by atoms with Crippen molar-refractivity contribution in [1.29, 1.82) is 0 Å². The van der Waals surface area contributed by atoms with Gasteiger partial charge < -0.3 is 14.2 Å². The monoisotopic (exact) mass is 256 g/mol. The van der Waals surface area contributed by atoms with Crippen LogP contribution in [0.25, 0.3) is 0 Å². The molecule has 0 bridgehead atoms.